The summed E-state index contributed by atoms with van der Waals surface area (Å²) in [6.45, 7) is 8.06. The Bertz CT molecular complexity index is 605. The van der Waals surface area contributed by atoms with Crippen molar-refractivity contribution in [1.29, 1.82) is 0 Å². The molecule has 1 spiro atoms. The highest BCUT2D eigenvalue weighted by molar-refractivity contribution is 6.34. The van der Waals surface area contributed by atoms with Crippen molar-refractivity contribution in [2.24, 2.45) is 7.05 Å². The quantitative estimate of drug-likeness (QED) is 0.789. The third-order valence-electron chi connectivity index (χ3n) is 4.36. The summed E-state index contributed by atoms with van der Waals surface area (Å²) in [5, 5.41) is 4.69. The van der Waals surface area contributed by atoms with Gasteiger partial charge in [-0.05, 0) is 20.8 Å². The number of hydrogen-bond donors (Lipinski definition) is 0. The van der Waals surface area contributed by atoms with Crippen molar-refractivity contribution in [3.05, 3.63) is 16.4 Å². The zero-order chi connectivity index (χ0) is 16.1. The van der Waals surface area contributed by atoms with E-state index in [1.165, 1.54) is 0 Å². The smallest absolute Gasteiger partial charge is 0.276 e. The third-order valence-corrected chi connectivity index (χ3v) is 4.81. The molecule has 122 valence electrons. The summed E-state index contributed by atoms with van der Waals surface area (Å²) in [5.74, 6) is -0.142. The summed E-state index contributed by atoms with van der Waals surface area (Å²) < 4.78 is 13.4. The number of amides is 1. The maximum Gasteiger partial charge on any atom is 0.276 e. The van der Waals surface area contributed by atoms with Crippen molar-refractivity contribution >= 4 is 17.5 Å². The number of hydrogen-bond acceptors (Lipinski definition) is 4. The molecule has 0 radical (unpaired) electrons. The molecular weight excluding hydrogens is 306 g/mol. The van der Waals surface area contributed by atoms with Crippen molar-refractivity contribution in [2.75, 3.05) is 26.3 Å². The van der Waals surface area contributed by atoms with E-state index in [4.69, 9.17) is 21.1 Å². The molecule has 2 aliphatic rings. The number of ether oxygens (including phenoxy) is 2. The van der Waals surface area contributed by atoms with Gasteiger partial charge < -0.3 is 14.4 Å². The molecule has 1 unspecified atom stereocenters. The van der Waals surface area contributed by atoms with E-state index in [9.17, 15) is 4.79 Å². The fraction of sp³-hybridized carbons (Fsp3) is 0.733. The third kappa shape index (κ3) is 2.64. The highest BCUT2D eigenvalue weighted by Crippen LogP contribution is 2.35. The van der Waals surface area contributed by atoms with Gasteiger partial charge in [0.1, 0.15) is 5.60 Å². The average Bonchev–Trinajstić information content (AvgIpc) is 2.96. The van der Waals surface area contributed by atoms with Crippen molar-refractivity contribution in [3.8, 4) is 0 Å². The largest absolute Gasteiger partial charge is 0.378 e. The van der Waals surface area contributed by atoms with Gasteiger partial charge in [0, 0.05) is 26.6 Å². The summed E-state index contributed by atoms with van der Waals surface area (Å²) in [4.78, 5) is 14.7. The first-order chi connectivity index (χ1) is 10.2. The van der Waals surface area contributed by atoms with Gasteiger partial charge in [0.15, 0.2) is 5.69 Å². The van der Waals surface area contributed by atoms with Gasteiger partial charge in [-0.3, -0.25) is 9.48 Å². The van der Waals surface area contributed by atoms with Crippen LogP contribution in [0.4, 0.5) is 0 Å². The van der Waals surface area contributed by atoms with Gasteiger partial charge in [0.2, 0.25) is 0 Å². The van der Waals surface area contributed by atoms with E-state index in [0.29, 0.717) is 37.0 Å². The standard InChI is InChI=1S/C15H22ClN3O3/c1-10-11(16)12(17-18(10)4)13(20)19-7-14(2,3)22-15(8-19)5-6-21-9-15/h5-9H2,1-4H3. The minimum atomic E-state index is -0.419. The molecule has 0 saturated carbocycles. The Morgan fingerprint density at radius 3 is 2.64 bits per heavy atom. The Kier molecular flexibility index (Phi) is 3.74. The molecule has 22 heavy (non-hydrogen) atoms. The molecule has 1 aromatic rings. The van der Waals surface area contributed by atoms with E-state index in [2.05, 4.69) is 5.10 Å². The summed E-state index contributed by atoms with van der Waals surface area (Å²) in [7, 11) is 1.79. The first-order valence-electron chi connectivity index (χ1n) is 7.49. The lowest BCUT2D eigenvalue weighted by Crippen LogP contribution is -2.61. The second-order valence-electron chi connectivity index (χ2n) is 6.88. The molecule has 0 bridgehead atoms. The highest BCUT2D eigenvalue weighted by Gasteiger charge is 2.48. The van der Waals surface area contributed by atoms with Crippen molar-refractivity contribution in [3.63, 3.8) is 0 Å². The molecule has 7 heteroatoms. The molecule has 3 heterocycles. The molecule has 3 rings (SSSR count). The Labute approximate surface area is 135 Å². The lowest BCUT2D eigenvalue weighted by atomic mass is 9.94. The summed E-state index contributed by atoms with van der Waals surface area (Å²) in [6, 6.07) is 0. The molecule has 2 aliphatic heterocycles. The molecule has 1 amide bonds. The van der Waals surface area contributed by atoms with Gasteiger partial charge >= 0.3 is 0 Å². The number of aromatic nitrogens is 2. The van der Waals surface area contributed by atoms with Crippen LogP contribution in [0.25, 0.3) is 0 Å². The van der Waals surface area contributed by atoms with Crippen LogP contribution in [-0.2, 0) is 16.5 Å². The van der Waals surface area contributed by atoms with E-state index in [0.717, 1.165) is 12.1 Å². The summed E-state index contributed by atoms with van der Waals surface area (Å²) in [6.07, 6.45) is 0.801. The van der Waals surface area contributed by atoms with Gasteiger partial charge in [0.25, 0.3) is 5.91 Å². The van der Waals surface area contributed by atoms with E-state index in [-0.39, 0.29) is 5.91 Å². The number of morpholine rings is 1. The first kappa shape index (κ1) is 15.8. The van der Waals surface area contributed by atoms with Crippen LogP contribution < -0.4 is 0 Å². The maximum absolute atomic E-state index is 12.9. The number of rotatable bonds is 1. The monoisotopic (exact) mass is 327 g/mol. The van der Waals surface area contributed by atoms with E-state index in [1.807, 2.05) is 20.8 Å². The van der Waals surface area contributed by atoms with Crippen LogP contribution in [0.1, 0.15) is 36.5 Å². The fourth-order valence-corrected chi connectivity index (χ4v) is 3.56. The van der Waals surface area contributed by atoms with Gasteiger partial charge in [-0.1, -0.05) is 11.6 Å². The molecule has 0 aliphatic carbocycles. The van der Waals surface area contributed by atoms with Gasteiger partial charge in [0.05, 0.1) is 29.5 Å². The van der Waals surface area contributed by atoms with E-state index >= 15 is 0 Å². The van der Waals surface area contributed by atoms with Crippen molar-refractivity contribution in [1.82, 2.24) is 14.7 Å². The van der Waals surface area contributed by atoms with Crippen LogP contribution in [0.15, 0.2) is 0 Å². The van der Waals surface area contributed by atoms with Crippen LogP contribution in [0, 0.1) is 6.92 Å². The topological polar surface area (TPSA) is 56.6 Å². The second kappa shape index (κ2) is 5.22. The number of carbonyl (C=O) groups is 1. The minimum Gasteiger partial charge on any atom is -0.378 e. The molecule has 1 aromatic heterocycles. The summed E-state index contributed by atoms with van der Waals surface area (Å²) >= 11 is 6.26. The number of aryl methyl sites for hydroxylation is 1. The Hall–Kier alpha value is -1.11. The average molecular weight is 328 g/mol. The number of nitrogens with zero attached hydrogens (tertiary/aromatic N) is 3. The fourth-order valence-electron chi connectivity index (χ4n) is 3.32. The van der Waals surface area contributed by atoms with Crippen LogP contribution in [0.3, 0.4) is 0 Å². The maximum atomic E-state index is 12.9. The second-order valence-corrected chi connectivity index (χ2v) is 7.26. The predicted octanol–water partition coefficient (Wildman–Crippen LogP) is 1.79. The molecular formula is C15H22ClN3O3. The number of halogens is 1. The Morgan fingerprint density at radius 1 is 1.36 bits per heavy atom. The van der Waals surface area contributed by atoms with Gasteiger partial charge in [-0.15, -0.1) is 0 Å². The molecule has 1 atom stereocenters. The zero-order valence-electron chi connectivity index (χ0n) is 13.5. The zero-order valence-corrected chi connectivity index (χ0v) is 14.2. The van der Waals surface area contributed by atoms with E-state index < -0.39 is 11.2 Å². The van der Waals surface area contributed by atoms with E-state index in [1.54, 1.807) is 16.6 Å². The molecule has 0 N–H and O–H groups in total. The summed E-state index contributed by atoms with van der Waals surface area (Å²) in [5.41, 5.74) is 0.274. The molecule has 2 saturated heterocycles. The van der Waals surface area contributed by atoms with Crippen molar-refractivity contribution < 1.29 is 14.3 Å². The minimum absolute atomic E-state index is 0.142. The highest BCUT2D eigenvalue weighted by atomic mass is 35.5. The van der Waals surface area contributed by atoms with Crippen LogP contribution in [-0.4, -0.2) is 58.1 Å². The molecule has 2 fully saturated rings. The van der Waals surface area contributed by atoms with Crippen LogP contribution in [0.2, 0.25) is 5.02 Å². The lowest BCUT2D eigenvalue weighted by molar-refractivity contribution is -0.186. The molecule has 0 aromatic carbocycles. The number of carbonyl (C=O) groups excluding carboxylic acids is 1. The lowest BCUT2D eigenvalue weighted by Gasteiger charge is -2.47. The SMILES string of the molecule is Cc1c(Cl)c(C(=O)N2CC(C)(C)OC3(CCOC3)C2)nn1C. The predicted molar refractivity (Wildman–Crippen MR) is 82.2 cm³/mol. The molecule has 6 nitrogen and oxygen atoms in total. The first-order valence-corrected chi connectivity index (χ1v) is 7.87. The van der Waals surface area contributed by atoms with Crippen LogP contribution in [0.5, 0.6) is 0 Å². The van der Waals surface area contributed by atoms with Crippen LogP contribution >= 0.6 is 11.6 Å². The van der Waals surface area contributed by atoms with Gasteiger partial charge in [-0.25, -0.2) is 0 Å². The van der Waals surface area contributed by atoms with Gasteiger partial charge in [-0.2, -0.15) is 5.10 Å². The normalized spacial score (nSPS) is 27.6. The Balaban J connectivity index is 1.89. The Morgan fingerprint density at radius 2 is 2.09 bits per heavy atom. The van der Waals surface area contributed by atoms with Crippen molar-refractivity contribution in [2.45, 2.75) is 38.4 Å².